The number of hydrogen-bond donors (Lipinski definition) is 2. The van der Waals surface area contributed by atoms with E-state index in [-0.39, 0.29) is 10.1 Å². The summed E-state index contributed by atoms with van der Waals surface area (Å²) in [4.78, 5) is 24.6. The SMILES string of the molecule is CCC(C)(Nc1ncc([N+](=O)[O-])s1)C(=O)O. The molecule has 0 aromatic carbocycles. The molecule has 16 heavy (non-hydrogen) atoms. The molecule has 0 aliphatic heterocycles. The van der Waals surface area contributed by atoms with Crippen LogP contribution >= 0.6 is 11.3 Å². The van der Waals surface area contributed by atoms with E-state index in [0.29, 0.717) is 6.42 Å². The fraction of sp³-hybridized carbons (Fsp3) is 0.500. The van der Waals surface area contributed by atoms with Crippen molar-refractivity contribution in [2.24, 2.45) is 0 Å². The number of carboxylic acid groups (broad SMARTS) is 1. The Morgan fingerprint density at radius 1 is 1.81 bits per heavy atom. The van der Waals surface area contributed by atoms with Gasteiger partial charge in [-0.2, -0.15) is 0 Å². The number of hydrogen-bond acceptors (Lipinski definition) is 6. The molecule has 0 aliphatic rings. The number of nitrogens with one attached hydrogen (secondary N) is 1. The molecule has 2 N–H and O–H groups in total. The highest BCUT2D eigenvalue weighted by Crippen LogP contribution is 2.28. The summed E-state index contributed by atoms with van der Waals surface area (Å²) in [5.74, 6) is -1.02. The van der Waals surface area contributed by atoms with Crippen molar-refractivity contribution in [2.75, 3.05) is 5.32 Å². The summed E-state index contributed by atoms with van der Waals surface area (Å²) >= 11 is 0.816. The third-order valence-electron chi connectivity index (χ3n) is 2.24. The van der Waals surface area contributed by atoms with Crippen molar-refractivity contribution in [1.29, 1.82) is 0 Å². The van der Waals surface area contributed by atoms with E-state index in [1.165, 1.54) is 6.92 Å². The van der Waals surface area contributed by atoms with E-state index >= 15 is 0 Å². The van der Waals surface area contributed by atoms with Crippen molar-refractivity contribution in [2.45, 2.75) is 25.8 Å². The molecule has 1 atom stereocenters. The van der Waals surface area contributed by atoms with Crippen molar-refractivity contribution >= 4 is 27.4 Å². The van der Waals surface area contributed by atoms with Crippen molar-refractivity contribution in [3.8, 4) is 0 Å². The van der Waals surface area contributed by atoms with Crippen LogP contribution in [0.15, 0.2) is 6.20 Å². The van der Waals surface area contributed by atoms with Crippen molar-refractivity contribution in [1.82, 2.24) is 4.98 Å². The zero-order chi connectivity index (χ0) is 12.3. The van der Waals surface area contributed by atoms with Crippen molar-refractivity contribution in [3.05, 3.63) is 16.3 Å². The number of anilines is 1. The van der Waals surface area contributed by atoms with Crippen LogP contribution in [0.5, 0.6) is 0 Å². The molecule has 0 aliphatic carbocycles. The average molecular weight is 245 g/mol. The van der Waals surface area contributed by atoms with E-state index in [1.807, 2.05) is 0 Å². The molecule has 1 heterocycles. The van der Waals surface area contributed by atoms with Gasteiger partial charge in [0.2, 0.25) is 0 Å². The standard InChI is InChI=1S/C8H11N3O4S/c1-3-8(2,6(12)13)10-7-9-4-5(16-7)11(14)15/h4H,3H2,1-2H3,(H,9,10)(H,12,13). The Kier molecular flexibility index (Phi) is 3.43. The van der Waals surface area contributed by atoms with Crippen LogP contribution in [-0.2, 0) is 4.79 Å². The average Bonchev–Trinajstić information content (AvgIpc) is 2.65. The molecular formula is C8H11N3O4S. The second-order valence-corrected chi connectivity index (χ2v) is 4.39. The van der Waals surface area contributed by atoms with E-state index in [9.17, 15) is 14.9 Å². The summed E-state index contributed by atoms with van der Waals surface area (Å²) in [5.41, 5.74) is -1.16. The predicted octanol–water partition coefficient (Wildman–Crippen LogP) is 1.72. The molecule has 0 radical (unpaired) electrons. The van der Waals surface area contributed by atoms with Crippen LogP contribution in [0.2, 0.25) is 0 Å². The molecule has 0 bridgehead atoms. The molecule has 1 rings (SSSR count). The molecule has 8 heteroatoms. The number of carbonyl (C=O) groups is 1. The van der Waals surface area contributed by atoms with Crippen LogP contribution in [0, 0.1) is 10.1 Å². The Bertz CT molecular complexity index is 419. The summed E-state index contributed by atoms with van der Waals surface area (Å²) in [7, 11) is 0. The van der Waals surface area contributed by atoms with Gasteiger partial charge in [-0.05, 0) is 24.7 Å². The van der Waals surface area contributed by atoms with Gasteiger partial charge in [0.15, 0.2) is 5.13 Å². The van der Waals surface area contributed by atoms with Crippen LogP contribution in [0.3, 0.4) is 0 Å². The maximum absolute atomic E-state index is 11.0. The van der Waals surface area contributed by atoms with E-state index in [2.05, 4.69) is 10.3 Å². The molecule has 7 nitrogen and oxygen atoms in total. The molecule has 0 fully saturated rings. The monoisotopic (exact) mass is 245 g/mol. The molecule has 1 aromatic heterocycles. The summed E-state index contributed by atoms with van der Waals surface area (Å²) in [6.07, 6.45) is 1.45. The van der Waals surface area contributed by atoms with Gasteiger partial charge in [0.25, 0.3) is 0 Å². The fourth-order valence-corrected chi connectivity index (χ4v) is 1.70. The lowest BCUT2D eigenvalue weighted by Crippen LogP contribution is -2.42. The molecule has 1 aromatic rings. The topological polar surface area (TPSA) is 105 Å². The summed E-state index contributed by atoms with van der Waals surface area (Å²) in [5, 5.41) is 22.2. The Morgan fingerprint density at radius 3 is 2.81 bits per heavy atom. The number of aliphatic carboxylic acids is 1. The second-order valence-electron chi connectivity index (χ2n) is 3.38. The number of nitro groups is 1. The Labute approximate surface area is 95.3 Å². The minimum Gasteiger partial charge on any atom is -0.480 e. The normalized spacial score (nSPS) is 14.1. The molecular weight excluding hydrogens is 234 g/mol. The molecule has 0 spiro atoms. The van der Waals surface area contributed by atoms with Gasteiger partial charge in [-0.3, -0.25) is 10.1 Å². The van der Waals surface area contributed by atoms with E-state index < -0.39 is 16.4 Å². The Hall–Kier alpha value is -1.70. The van der Waals surface area contributed by atoms with E-state index in [1.54, 1.807) is 6.92 Å². The van der Waals surface area contributed by atoms with Crippen LogP contribution in [0.4, 0.5) is 10.1 Å². The van der Waals surface area contributed by atoms with Crippen LogP contribution in [-0.4, -0.2) is 26.5 Å². The molecule has 1 unspecified atom stereocenters. The highest BCUT2D eigenvalue weighted by atomic mass is 32.1. The third-order valence-corrected chi connectivity index (χ3v) is 3.10. The first-order chi connectivity index (χ1) is 7.39. The van der Waals surface area contributed by atoms with Crippen LogP contribution in [0.1, 0.15) is 20.3 Å². The second kappa shape index (κ2) is 4.44. The zero-order valence-corrected chi connectivity index (χ0v) is 9.58. The first-order valence-corrected chi connectivity index (χ1v) is 5.32. The number of aromatic nitrogens is 1. The van der Waals surface area contributed by atoms with Gasteiger partial charge in [0, 0.05) is 0 Å². The molecule has 88 valence electrons. The van der Waals surface area contributed by atoms with Gasteiger partial charge in [0.05, 0.1) is 4.92 Å². The molecule has 0 saturated heterocycles. The molecule has 0 saturated carbocycles. The summed E-state index contributed by atoms with van der Waals surface area (Å²) < 4.78 is 0. The van der Waals surface area contributed by atoms with Gasteiger partial charge >= 0.3 is 11.0 Å². The van der Waals surface area contributed by atoms with Crippen molar-refractivity contribution < 1.29 is 14.8 Å². The maximum Gasteiger partial charge on any atom is 0.345 e. The largest absolute Gasteiger partial charge is 0.480 e. The number of carboxylic acids is 1. The maximum atomic E-state index is 11.0. The summed E-state index contributed by atoms with van der Waals surface area (Å²) in [6, 6.07) is 0. The van der Waals surface area contributed by atoms with Gasteiger partial charge in [-0.1, -0.05) is 6.92 Å². The van der Waals surface area contributed by atoms with Gasteiger partial charge in [-0.25, -0.2) is 9.78 Å². The number of thiazole rings is 1. The first-order valence-electron chi connectivity index (χ1n) is 4.51. The van der Waals surface area contributed by atoms with Crippen molar-refractivity contribution in [3.63, 3.8) is 0 Å². The Morgan fingerprint density at radius 2 is 2.44 bits per heavy atom. The van der Waals surface area contributed by atoms with E-state index in [0.717, 1.165) is 17.5 Å². The highest BCUT2D eigenvalue weighted by Gasteiger charge is 2.32. The quantitative estimate of drug-likeness (QED) is 0.604. The third kappa shape index (κ3) is 2.45. The molecule has 0 amide bonds. The van der Waals surface area contributed by atoms with Gasteiger partial charge in [-0.15, -0.1) is 0 Å². The lowest BCUT2D eigenvalue weighted by atomic mass is 10.00. The first kappa shape index (κ1) is 12.4. The van der Waals surface area contributed by atoms with Gasteiger partial charge < -0.3 is 10.4 Å². The Balaban J connectivity index is 2.86. The minimum atomic E-state index is -1.16. The minimum absolute atomic E-state index is 0.119. The smallest absolute Gasteiger partial charge is 0.345 e. The number of nitrogens with zero attached hydrogens (tertiary/aromatic N) is 2. The zero-order valence-electron chi connectivity index (χ0n) is 8.76. The van der Waals surface area contributed by atoms with Crippen LogP contribution in [0.25, 0.3) is 0 Å². The highest BCUT2D eigenvalue weighted by molar-refractivity contribution is 7.18. The van der Waals surface area contributed by atoms with E-state index in [4.69, 9.17) is 5.11 Å². The predicted molar refractivity (Wildman–Crippen MR) is 58.7 cm³/mol. The fourth-order valence-electron chi connectivity index (χ4n) is 0.937. The lowest BCUT2D eigenvalue weighted by Gasteiger charge is -2.23. The number of rotatable bonds is 5. The summed E-state index contributed by atoms with van der Waals surface area (Å²) in [6.45, 7) is 3.21. The van der Waals surface area contributed by atoms with Crippen LogP contribution < -0.4 is 5.32 Å². The lowest BCUT2D eigenvalue weighted by molar-refractivity contribution is -0.380. The van der Waals surface area contributed by atoms with Gasteiger partial charge in [0.1, 0.15) is 11.7 Å².